The van der Waals surface area contributed by atoms with Gasteiger partial charge < -0.3 is 23.7 Å². The van der Waals surface area contributed by atoms with Gasteiger partial charge in [-0.25, -0.2) is 4.99 Å². The number of rotatable bonds is 20. The molecule has 51 heavy (non-hydrogen) atoms. The summed E-state index contributed by atoms with van der Waals surface area (Å²) in [6, 6.07) is 20.8. The van der Waals surface area contributed by atoms with Crippen LogP contribution >= 0.6 is 34.8 Å². The fourth-order valence-corrected chi connectivity index (χ4v) is 12.4. The van der Waals surface area contributed by atoms with Crippen LogP contribution in [-0.2, 0) is 18.6 Å². The fourth-order valence-electron chi connectivity index (χ4n) is 7.43. The molecule has 2 heterocycles. The molecular weight excluding hydrogens is 721 g/mol. The largest absolute Gasteiger partial charge is 0.471 e. The second-order valence-corrected chi connectivity index (χ2v) is 21.8. The van der Waals surface area contributed by atoms with Crippen molar-refractivity contribution in [3.05, 3.63) is 72.8 Å². The van der Waals surface area contributed by atoms with Gasteiger partial charge in [-0.3, -0.25) is 0 Å². The Hall–Kier alpha value is -1.42. The van der Waals surface area contributed by atoms with Crippen LogP contribution in [0.4, 0.5) is 0 Å². The van der Waals surface area contributed by atoms with Crippen molar-refractivity contribution >= 4 is 59.4 Å². The third-order valence-electron chi connectivity index (χ3n) is 10.2. The maximum atomic E-state index is 12.2. The number of alkyl halides is 3. The molecule has 0 amide bonds. The van der Waals surface area contributed by atoms with E-state index in [2.05, 4.69) is 69.1 Å². The Kier molecular flexibility index (Phi) is 16.4. The van der Waals surface area contributed by atoms with E-state index in [4.69, 9.17) is 53.4 Å². The minimum Gasteiger partial charge on any atom is -0.471 e. The van der Waals surface area contributed by atoms with Crippen molar-refractivity contribution in [1.82, 2.24) is 0 Å². The highest BCUT2D eigenvalue weighted by Crippen LogP contribution is 2.39. The first-order chi connectivity index (χ1) is 24.4. The molecule has 4 rings (SSSR count). The molecule has 10 heteroatoms. The maximum absolute atomic E-state index is 12.2. The second-order valence-electron chi connectivity index (χ2n) is 15.2. The minimum atomic E-state index is -2.92. The van der Waals surface area contributed by atoms with E-state index in [1.54, 1.807) is 0 Å². The van der Waals surface area contributed by atoms with Crippen LogP contribution in [0, 0.1) is 0 Å². The molecule has 1 fully saturated rings. The van der Waals surface area contributed by atoms with Crippen molar-refractivity contribution < 1.29 is 23.7 Å². The van der Waals surface area contributed by atoms with Gasteiger partial charge in [-0.2, -0.15) is 0 Å². The number of benzene rings is 2. The van der Waals surface area contributed by atoms with Gasteiger partial charge in [0.1, 0.15) is 11.7 Å². The number of unbranched alkanes of at least 4 members (excludes halogenated alkanes) is 7. The summed E-state index contributed by atoms with van der Waals surface area (Å²) in [5.41, 5.74) is -1.42. The molecule has 2 aliphatic heterocycles. The zero-order valence-corrected chi connectivity index (χ0v) is 34.5. The predicted octanol–water partition coefficient (Wildman–Crippen LogP) is 9.85. The smallest absolute Gasteiger partial charge is 0.266 e. The molecule has 1 saturated heterocycles. The normalized spacial score (nSPS) is 21.2. The summed E-state index contributed by atoms with van der Waals surface area (Å²) in [7, 11) is -2.92. The van der Waals surface area contributed by atoms with Gasteiger partial charge in [-0.1, -0.05) is 167 Å². The van der Waals surface area contributed by atoms with E-state index in [0.29, 0.717) is 26.1 Å². The average Bonchev–Trinajstić information content (AvgIpc) is 3.57. The van der Waals surface area contributed by atoms with E-state index in [9.17, 15) is 5.11 Å². The molecule has 2 aromatic rings. The molecule has 0 aliphatic carbocycles. The standard InChI is InChI=1S/C41H60Cl3NO5Si/c1-5-6-7-21-28-40(47-30-31-48-40)29-22-13-11-9-8-10-12-20-27-36-39(46,32-45-37(50-36)41(42,43)44)33-49-51(38(2,3)4,34-23-16-14-17-24-34)35-25-18-15-19-26-35/h10,12,14-19,23-26,36,46H,5-9,11,13,20-22,27-33H2,1-4H3/b12-10+/t36-,39-/m1/s1. The van der Waals surface area contributed by atoms with E-state index in [0.717, 1.165) is 42.5 Å². The van der Waals surface area contributed by atoms with Gasteiger partial charge in [0.25, 0.3) is 12.1 Å². The molecule has 0 bridgehead atoms. The number of hydrogen-bond donors (Lipinski definition) is 1. The topological polar surface area (TPSA) is 69.5 Å². The van der Waals surface area contributed by atoms with Crippen LogP contribution in [-0.4, -0.2) is 67.0 Å². The molecule has 2 atom stereocenters. The summed E-state index contributed by atoms with van der Waals surface area (Å²) in [6.45, 7) is 10.4. The van der Waals surface area contributed by atoms with Crippen LogP contribution in [0.5, 0.6) is 0 Å². The van der Waals surface area contributed by atoms with Crippen LogP contribution < -0.4 is 10.4 Å². The first-order valence-electron chi connectivity index (χ1n) is 19.0. The van der Waals surface area contributed by atoms with Gasteiger partial charge in [-0.05, 0) is 53.9 Å². The van der Waals surface area contributed by atoms with E-state index in [1.165, 1.54) is 38.5 Å². The van der Waals surface area contributed by atoms with Crippen molar-refractivity contribution in [3.63, 3.8) is 0 Å². The van der Waals surface area contributed by atoms with Gasteiger partial charge >= 0.3 is 0 Å². The highest BCUT2D eigenvalue weighted by Gasteiger charge is 2.53. The van der Waals surface area contributed by atoms with Gasteiger partial charge in [0.05, 0.1) is 26.4 Å². The number of aliphatic imine (C=N–C) groups is 1. The second kappa shape index (κ2) is 19.8. The number of aliphatic hydroxyl groups is 1. The maximum Gasteiger partial charge on any atom is 0.266 e. The first-order valence-corrected chi connectivity index (χ1v) is 22.1. The van der Waals surface area contributed by atoms with E-state index >= 15 is 0 Å². The Morgan fingerprint density at radius 3 is 1.92 bits per heavy atom. The zero-order chi connectivity index (χ0) is 36.9. The molecule has 284 valence electrons. The number of hydrogen-bond acceptors (Lipinski definition) is 6. The van der Waals surface area contributed by atoms with Gasteiger partial charge in [0.2, 0.25) is 5.90 Å². The van der Waals surface area contributed by atoms with Crippen LogP contribution in [0.2, 0.25) is 5.04 Å². The lowest BCUT2D eigenvalue weighted by molar-refractivity contribution is -0.168. The van der Waals surface area contributed by atoms with Crippen LogP contribution in [0.3, 0.4) is 0 Å². The third-order valence-corrected chi connectivity index (χ3v) is 15.7. The Morgan fingerprint density at radius 2 is 1.37 bits per heavy atom. The number of ether oxygens (including phenoxy) is 3. The third kappa shape index (κ3) is 11.8. The SMILES string of the molecule is CCCCCCC1(CCCCCC/C=C/CC[C@H]2OC(C(Cl)(Cl)Cl)=NC[C@@]2(O)CO[Si](c2ccccc2)(c2ccccc2)C(C)(C)C)OCCO1. The molecule has 2 aliphatic rings. The van der Waals surface area contributed by atoms with E-state index < -0.39 is 23.8 Å². The summed E-state index contributed by atoms with van der Waals surface area (Å²) in [6.07, 6.45) is 17.5. The summed E-state index contributed by atoms with van der Waals surface area (Å²) in [5.74, 6) is -0.338. The quantitative estimate of drug-likeness (QED) is 0.0628. The zero-order valence-electron chi connectivity index (χ0n) is 31.2. The average molecular weight is 781 g/mol. The fraction of sp³-hybridized carbons (Fsp3) is 0.634. The van der Waals surface area contributed by atoms with Crippen molar-refractivity contribution in [1.29, 1.82) is 0 Å². The minimum absolute atomic E-state index is 0.00717. The summed E-state index contributed by atoms with van der Waals surface area (Å²) in [4.78, 5) is 4.41. The molecule has 0 spiro atoms. The number of nitrogens with zero attached hydrogens (tertiary/aromatic N) is 1. The molecule has 0 radical (unpaired) electrons. The van der Waals surface area contributed by atoms with Crippen molar-refractivity contribution in [3.8, 4) is 0 Å². The van der Waals surface area contributed by atoms with E-state index in [1.807, 2.05) is 36.4 Å². The lowest BCUT2D eigenvalue weighted by Crippen LogP contribution is -2.68. The summed E-state index contributed by atoms with van der Waals surface area (Å²) in [5, 5.41) is 14.2. The Morgan fingerprint density at radius 1 is 0.824 bits per heavy atom. The molecule has 2 aromatic carbocycles. The molecule has 6 nitrogen and oxygen atoms in total. The Bertz CT molecular complexity index is 1320. The Labute approximate surface area is 323 Å². The number of allylic oxidation sites excluding steroid dienone is 2. The first kappa shape index (κ1) is 42.3. The lowest BCUT2D eigenvalue weighted by Gasteiger charge is -2.46. The molecular formula is C41H60Cl3NO5Si. The molecule has 1 N–H and O–H groups in total. The van der Waals surface area contributed by atoms with Gasteiger partial charge in [0.15, 0.2) is 5.79 Å². The highest BCUT2D eigenvalue weighted by atomic mass is 35.6. The van der Waals surface area contributed by atoms with Gasteiger partial charge in [-0.15, -0.1) is 0 Å². The van der Waals surface area contributed by atoms with Gasteiger partial charge in [0, 0.05) is 12.8 Å². The Balaban J connectivity index is 1.34. The monoisotopic (exact) mass is 779 g/mol. The van der Waals surface area contributed by atoms with Crippen molar-refractivity contribution in [2.45, 2.75) is 137 Å². The predicted molar refractivity (Wildman–Crippen MR) is 215 cm³/mol. The van der Waals surface area contributed by atoms with Crippen LogP contribution in [0.1, 0.15) is 111 Å². The molecule has 0 aromatic heterocycles. The van der Waals surface area contributed by atoms with E-state index in [-0.39, 0.29) is 29.9 Å². The van der Waals surface area contributed by atoms with Crippen molar-refractivity contribution in [2.75, 3.05) is 26.4 Å². The number of halogens is 3. The lowest BCUT2D eigenvalue weighted by atomic mass is 9.92. The van der Waals surface area contributed by atoms with Crippen molar-refractivity contribution in [2.24, 2.45) is 4.99 Å². The summed E-state index contributed by atoms with van der Waals surface area (Å²) < 4.78 is 23.6. The summed E-state index contributed by atoms with van der Waals surface area (Å²) >= 11 is 18.6. The van der Waals surface area contributed by atoms with Crippen LogP contribution in [0.25, 0.3) is 0 Å². The van der Waals surface area contributed by atoms with Crippen LogP contribution in [0.15, 0.2) is 77.8 Å². The molecule has 0 unspecified atom stereocenters. The molecule has 0 saturated carbocycles. The highest BCUT2D eigenvalue weighted by molar-refractivity contribution is 6.99.